The number of aromatic amines is 1. The zero-order chi connectivity index (χ0) is 15.0. The third-order valence-corrected chi connectivity index (χ3v) is 3.85. The number of carbonyl (C=O) groups is 1. The van der Waals surface area contributed by atoms with E-state index in [1.807, 2.05) is 0 Å². The number of benzene rings is 2. The topological polar surface area (TPSA) is 44.9 Å². The average molecular weight is 323 g/mol. The normalized spacial score (nSPS) is 10.8. The molecule has 3 rings (SSSR count). The minimum absolute atomic E-state index is 0.273. The molecule has 0 spiro atoms. The van der Waals surface area contributed by atoms with Gasteiger partial charge in [0.25, 0.3) is 5.91 Å². The Morgan fingerprint density at radius 1 is 1.14 bits per heavy atom. The highest BCUT2D eigenvalue weighted by molar-refractivity contribution is 6.44. The molecular formula is C15H9Cl2FN2O. The second-order valence-electron chi connectivity index (χ2n) is 4.47. The summed E-state index contributed by atoms with van der Waals surface area (Å²) in [6.45, 7) is 0. The monoisotopic (exact) mass is 322 g/mol. The number of anilines is 1. The molecule has 0 bridgehead atoms. The summed E-state index contributed by atoms with van der Waals surface area (Å²) in [6, 6.07) is 10.8. The van der Waals surface area contributed by atoms with E-state index in [-0.39, 0.29) is 16.7 Å². The van der Waals surface area contributed by atoms with Crippen LogP contribution in [0, 0.1) is 5.82 Å². The maximum Gasteiger partial charge on any atom is 0.272 e. The Balaban J connectivity index is 1.91. The van der Waals surface area contributed by atoms with E-state index in [1.54, 1.807) is 30.3 Å². The van der Waals surface area contributed by atoms with Crippen molar-refractivity contribution in [2.45, 2.75) is 0 Å². The highest BCUT2D eigenvalue weighted by Gasteiger charge is 2.12. The standard InChI is InChI=1S/C15H9Cl2FN2O/c16-10-2-1-3-12(14(10)17)20-15(21)13-7-8-6-9(18)4-5-11(8)19-13/h1-7,19H,(H,20,21). The van der Waals surface area contributed by atoms with Crippen molar-refractivity contribution in [1.29, 1.82) is 0 Å². The molecule has 2 N–H and O–H groups in total. The largest absolute Gasteiger partial charge is 0.351 e. The van der Waals surface area contributed by atoms with E-state index >= 15 is 0 Å². The summed E-state index contributed by atoms with van der Waals surface area (Å²) in [5.74, 6) is -0.734. The summed E-state index contributed by atoms with van der Waals surface area (Å²) < 4.78 is 13.1. The van der Waals surface area contributed by atoms with E-state index in [4.69, 9.17) is 23.2 Å². The van der Waals surface area contributed by atoms with Gasteiger partial charge >= 0.3 is 0 Å². The highest BCUT2D eigenvalue weighted by Crippen LogP contribution is 2.30. The van der Waals surface area contributed by atoms with E-state index in [2.05, 4.69) is 10.3 Å². The van der Waals surface area contributed by atoms with Gasteiger partial charge in [-0.1, -0.05) is 29.3 Å². The van der Waals surface area contributed by atoms with Crippen molar-refractivity contribution in [1.82, 2.24) is 4.98 Å². The van der Waals surface area contributed by atoms with Crippen molar-refractivity contribution >= 4 is 45.7 Å². The summed E-state index contributed by atoms with van der Waals surface area (Å²) in [5.41, 5.74) is 1.41. The lowest BCUT2D eigenvalue weighted by Crippen LogP contribution is -2.12. The summed E-state index contributed by atoms with van der Waals surface area (Å²) in [6.07, 6.45) is 0. The van der Waals surface area contributed by atoms with Crippen molar-refractivity contribution in [3.8, 4) is 0 Å². The average Bonchev–Trinajstić information content (AvgIpc) is 2.87. The molecule has 1 aromatic heterocycles. The lowest BCUT2D eigenvalue weighted by atomic mass is 10.2. The Labute approximate surface area is 129 Å². The number of fused-ring (bicyclic) bond motifs is 1. The molecule has 2 aromatic carbocycles. The van der Waals surface area contributed by atoms with Crippen LogP contribution in [0.1, 0.15) is 10.5 Å². The van der Waals surface area contributed by atoms with Crippen LogP contribution in [-0.4, -0.2) is 10.9 Å². The van der Waals surface area contributed by atoms with Crippen LogP contribution in [-0.2, 0) is 0 Å². The molecule has 3 aromatic rings. The summed E-state index contributed by atoms with van der Waals surface area (Å²) in [7, 11) is 0. The maximum atomic E-state index is 13.1. The molecule has 0 radical (unpaired) electrons. The molecular weight excluding hydrogens is 314 g/mol. The lowest BCUT2D eigenvalue weighted by Gasteiger charge is -2.06. The molecule has 0 atom stereocenters. The van der Waals surface area contributed by atoms with Gasteiger partial charge in [-0.2, -0.15) is 0 Å². The van der Waals surface area contributed by atoms with Crippen LogP contribution in [0.3, 0.4) is 0 Å². The number of amides is 1. The molecule has 1 amide bonds. The molecule has 3 nitrogen and oxygen atoms in total. The first-order chi connectivity index (χ1) is 10.0. The number of halogens is 3. The molecule has 21 heavy (non-hydrogen) atoms. The van der Waals surface area contributed by atoms with Gasteiger partial charge in [-0.05, 0) is 36.4 Å². The molecule has 0 aliphatic carbocycles. The highest BCUT2D eigenvalue weighted by atomic mass is 35.5. The Bertz CT molecular complexity index is 845. The van der Waals surface area contributed by atoms with Gasteiger partial charge in [0.1, 0.15) is 11.5 Å². The molecule has 0 aliphatic heterocycles. The van der Waals surface area contributed by atoms with E-state index < -0.39 is 0 Å². The van der Waals surface area contributed by atoms with Crippen molar-refractivity contribution in [3.05, 3.63) is 64.0 Å². The zero-order valence-corrected chi connectivity index (χ0v) is 12.1. The summed E-state index contributed by atoms with van der Waals surface area (Å²) in [4.78, 5) is 15.1. The SMILES string of the molecule is O=C(Nc1cccc(Cl)c1Cl)c1cc2cc(F)ccc2[nH]1. The van der Waals surface area contributed by atoms with Crippen LogP contribution in [0.2, 0.25) is 10.0 Å². The Morgan fingerprint density at radius 3 is 2.76 bits per heavy atom. The first-order valence-electron chi connectivity index (χ1n) is 6.08. The van der Waals surface area contributed by atoms with Crippen molar-refractivity contribution in [2.24, 2.45) is 0 Å². The molecule has 0 unspecified atom stereocenters. The van der Waals surface area contributed by atoms with Crippen LogP contribution in [0.4, 0.5) is 10.1 Å². The van der Waals surface area contributed by atoms with Gasteiger partial charge < -0.3 is 10.3 Å². The third kappa shape index (κ3) is 2.73. The fourth-order valence-corrected chi connectivity index (χ4v) is 2.36. The fourth-order valence-electron chi connectivity index (χ4n) is 2.02. The first-order valence-corrected chi connectivity index (χ1v) is 6.84. The predicted octanol–water partition coefficient (Wildman–Crippen LogP) is 4.87. The molecule has 0 aliphatic rings. The lowest BCUT2D eigenvalue weighted by molar-refractivity contribution is 0.102. The van der Waals surface area contributed by atoms with Gasteiger partial charge in [-0.15, -0.1) is 0 Å². The Kier molecular flexibility index (Phi) is 3.57. The number of hydrogen-bond donors (Lipinski definition) is 2. The first kappa shape index (κ1) is 13.9. The van der Waals surface area contributed by atoms with E-state index in [0.717, 1.165) is 0 Å². The summed E-state index contributed by atoms with van der Waals surface area (Å²) >= 11 is 11.9. The molecule has 106 valence electrons. The number of nitrogens with one attached hydrogen (secondary N) is 2. The van der Waals surface area contributed by atoms with Crippen LogP contribution < -0.4 is 5.32 Å². The van der Waals surface area contributed by atoms with E-state index in [9.17, 15) is 9.18 Å². The smallest absolute Gasteiger partial charge is 0.272 e. The quantitative estimate of drug-likeness (QED) is 0.694. The van der Waals surface area contributed by atoms with Crippen molar-refractivity contribution in [3.63, 3.8) is 0 Å². The molecule has 1 heterocycles. The van der Waals surface area contributed by atoms with Gasteiger partial charge in [-0.25, -0.2) is 4.39 Å². The van der Waals surface area contributed by atoms with Gasteiger partial charge in [0, 0.05) is 10.9 Å². The predicted molar refractivity (Wildman–Crippen MR) is 82.7 cm³/mol. The Hall–Kier alpha value is -2.04. The Morgan fingerprint density at radius 2 is 1.95 bits per heavy atom. The summed E-state index contributed by atoms with van der Waals surface area (Å²) in [5, 5.41) is 3.91. The van der Waals surface area contributed by atoms with Gasteiger partial charge in [0.15, 0.2) is 0 Å². The fraction of sp³-hybridized carbons (Fsp3) is 0. The van der Waals surface area contributed by atoms with Crippen LogP contribution >= 0.6 is 23.2 Å². The van der Waals surface area contributed by atoms with E-state index in [0.29, 0.717) is 27.3 Å². The number of H-pyrrole nitrogens is 1. The molecule has 0 fully saturated rings. The zero-order valence-electron chi connectivity index (χ0n) is 10.6. The number of carbonyl (C=O) groups excluding carboxylic acids is 1. The number of aromatic nitrogens is 1. The third-order valence-electron chi connectivity index (χ3n) is 3.03. The van der Waals surface area contributed by atoms with Gasteiger partial charge in [-0.3, -0.25) is 4.79 Å². The van der Waals surface area contributed by atoms with Crippen molar-refractivity contribution < 1.29 is 9.18 Å². The molecule has 6 heteroatoms. The number of rotatable bonds is 2. The van der Waals surface area contributed by atoms with Crippen LogP contribution in [0.5, 0.6) is 0 Å². The minimum atomic E-state index is -0.379. The molecule has 0 saturated carbocycles. The van der Waals surface area contributed by atoms with Gasteiger partial charge in [0.2, 0.25) is 0 Å². The number of hydrogen-bond acceptors (Lipinski definition) is 1. The van der Waals surface area contributed by atoms with Crippen molar-refractivity contribution in [2.75, 3.05) is 5.32 Å². The second kappa shape index (κ2) is 5.39. The van der Waals surface area contributed by atoms with Gasteiger partial charge in [0.05, 0.1) is 15.7 Å². The van der Waals surface area contributed by atoms with Crippen LogP contribution in [0.15, 0.2) is 42.5 Å². The van der Waals surface area contributed by atoms with E-state index in [1.165, 1.54) is 12.1 Å². The second-order valence-corrected chi connectivity index (χ2v) is 5.26. The molecule has 0 saturated heterocycles. The minimum Gasteiger partial charge on any atom is -0.351 e. The van der Waals surface area contributed by atoms with Crippen LogP contribution in [0.25, 0.3) is 10.9 Å². The maximum absolute atomic E-state index is 13.1.